The van der Waals surface area contributed by atoms with E-state index >= 15 is 0 Å². The lowest BCUT2D eigenvalue weighted by Gasteiger charge is -2.09. The predicted octanol–water partition coefficient (Wildman–Crippen LogP) is 4.09. The van der Waals surface area contributed by atoms with E-state index in [9.17, 15) is 4.79 Å². The third-order valence-corrected chi connectivity index (χ3v) is 3.57. The van der Waals surface area contributed by atoms with Gasteiger partial charge in [0.25, 0.3) is 5.56 Å². The van der Waals surface area contributed by atoms with Crippen LogP contribution in [0.3, 0.4) is 0 Å². The smallest absolute Gasteiger partial charge is 0.264 e. The molecule has 0 bridgehead atoms. The summed E-state index contributed by atoms with van der Waals surface area (Å²) < 4.78 is 0. The molecule has 1 heterocycles. The molecule has 0 fully saturated rings. The molecule has 0 saturated carbocycles. The largest absolute Gasteiger partial charge is 0.268 e. The summed E-state index contributed by atoms with van der Waals surface area (Å²) in [5.41, 5.74) is 2.18. The maximum atomic E-state index is 11.0. The quantitative estimate of drug-likeness (QED) is 0.924. The second kappa shape index (κ2) is 6.22. The van der Waals surface area contributed by atoms with Gasteiger partial charge in [-0.3, -0.25) is 4.79 Å². The highest BCUT2D eigenvalue weighted by Gasteiger charge is 2.10. The molecule has 19 heavy (non-hydrogen) atoms. The van der Waals surface area contributed by atoms with Crippen LogP contribution in [0.1, 0.15) is 25.3 Å². The second-order valence-electron chi connectivity index (χ2n) is 4.33. The maximum absolute atomic E-state index is 11.0. The number of unbranched alkanes of at least 4 members (excludes halogenated alkanes) is 1. The Bertz CT molecular complexity index is 594. The fourth-order valence-corrected chi connectivity index (χ4v) is 2.52. The lowest BCUT2D eigenvalue weighted by molar-refractivity contribution is 0.795. The number of aromatic nitrogens is 2. The van der Waals surface area contributed by atoms with Crippen LogP contribution in [-0.2, 0) is 6.42 Å². The van der Waals surface area contributed by atoms with Crippen LogP contribution in [0.4, 0.5) is 0 Å². The first-order chi connectivity index (χ1) is 9.11. The summed E-state index contributed by atoms with van der Waals surface area (Å²) in [4.78, 5) is 11.0. The Morgan fingerprint density at radius 1 is 1.21 bits per heavy atom. The zero-order valence-electron chi connectivity index (χ0n) is 10.5. The number of hydrogen-bond acceptors (Lipinski definition) is 2. The SMILES string of the molecule is CCCCc1c(Cl)cc(-c2ccc(=O)[nH]n2)cc1Cl. The van der Waals surface area contributed by atoms with Crippen LogP contribution in [0, 0.1) is 0 Å². The van der Waals surface area contributed by atoms with E-state index in [-0.39, 0.29) is 5.56 Å². The van der Waals surface area contributed by atoms with Crippen molar-refractivity contribution in [3.05, 3.63) is 50.2 Å². The van der Waals surface area contributed by atoms with Crippen molar-refractivity contribution < 1.29 is 0 Å². The zero-order valence-corrected chi connectivity index (χ0v) is 12.1. The standard InChI is InChI=1S/C14H14Cl2N2O/c1-2-3-4-10-11(15)7-9(8-12(10)16)13-5-6-14(19)18-17-13/h5-8H,2-4H2,1H3,(H,18,19). The van der Waals surface area contributed by atoms with Gasteiger partial charge in [-0.15, -0.1) is 0 Å². The minimum Gasteiger partial charge on any atom is -0.268 e. The topological polar surface area (TPSA) is 45.8 Å². The number of rotatable bonds is 4. The molecule has 5 heteroatoms. The molecule has 0 radical (unpaired) electrons. The average molecular weight is 297 g/mol. The Balaban J connectivity index is 2.39. The van der Waals surface area contributed by atoms with Gasteiger partial charge in [0.05, 0.1) is 5.69 Å². The Labute approximate surface area is 121 Å². The molecular formula is C14H14Cl2N2O. The first-order valence-corrected chi connectivity index (χ1v) is 6.91. The molecule has 100 valence electrons. The van der Waals surface area contributed by atoms with Crippen molar-refractivity contribution in [2.45, 2.75) is 26.2 Å². The van der Waals surface area contributed by atoms with Crippen LogP contribution in [0.5, 0.6) is 0 Å². The summed E-state index contributed by atoms with van der Waals surface area (Å²) in [6, 6.07) is 6.74. The molecule has 0 unspecified atom stereocenters. The number of halogens is 2. The lowest BCUT2D eigenvalue weighted by atomic mass is 10.0. The second-order valence-corrected chi connectivity index (χ2v) is 5.14. The van der Waals surface area contributed by atoms with Crippen molar-refractivity contribution in [3.63, 3.8) is 0 Å². The molecular weight excluding hydrogens is 283 g/mol. The van der Waals surface area contributed by atoms with Crippen LogP contribution in [-0.4, -0.2) is 10.2 Å². The minimum absolute atomic E-state index is 0.236. The van der Waals surface area contributed by atoms with Gasteiger partial charge >= 0.3 is 0 Å². The Hall–Kier alpha value is -1.32. The van der Waals surface area contributed by atoms with E-state index in [0.29, 0.717) is 15.7 Å². The molecule has 1 aromatic carbocycles. The highest BCUT2D eigenvalue weighted by atomic mass is 35.5. The van der Waals surface area contributed by atoms with Gasteiger partial charge in [0, 0.05) is 21.7 Å². The van der Waals surface area contributed by atoms with Crippen LogP contribution in [0.15, 0.2) is 29.1 Å². The number of H-pyrrole nitrogens is 1. The molecule has 3 nitrogen and oxygen atoms in total. The summed E-state index contributed by atoms with van der Waals surface area (Å²) in [5.74, 6) is 0. The predicted molar refractivity (Wildman–Crippen MR) is 78.9 cm³/mol. The van der Waals surface area contributed by atoms with Gasteiger partial charge in [0.15, 0.2) is 0 Å². The van der Waals surface area contributed by atoms with Crippen LogP contribution in [0.25, 0.3) is 11.3 Å². The molecule has 1 aromatic heterocycles. The van der Waals surface area contributed by atoms with Gasteiger partial charge in [0.2, 0.25) is 0 Å². The van der Waals surface area contributed by atoms with Gasteiger partial charge in [-0.05, 0) is 36.6 Å². The van der Waals surface area contributed by atoms with E-state index in [1.165, 1.54) is 6.07 Å². The van der Waals surface area contributed by atoms with E-state index in [1.807, 2.05) is 12.1 Å². The molecule has 2 aromatic rings. The van der Waals surface area contributed by atoms with Gasteiger partial charge in [-0.1, -0.05) is 36.5 Å². The summed E-state index contributed by atoms with van der Waals surface area (Å²) in [6.07, 6.45) is 3.01. The van der Waals surface area contributed by atoms with Crippen molar-refractivity contribution >= 4 is 23.2 Å². The van der Waals surface area contributed by atoms with Crippen molar-refractivity contribution in [2.24, 2.45) is 0 Å². The number of aromatic amines is 1. The zero-order chi connectivity index (χ0) is 13.8. The van der Waals surface area contributed by atoms with Crippen molar-refractivity contribution in [1.29, 1.82) is 0 Å². The summed E-state index contributed by atoms with van der Waals surface area (Å²) in [5, 5.41) is 7.65. The van der Waals surface area contributed by atoms with E-state index in [1.54, 1.807) is 6.07 Å². The molecule has 0 aliphatic heterocycles. The monoisotopic (exact) mass is 296 g/mol. The number of benzene rings is 1. The number of hydrogen-bond donors (Lipinski definition) is 1. The summed E-state index contributed by atoms with van der Waals surface area (Å²) in [7, 11) is 0. The van der Waals surface area contributed by atoms with Gasteiger partial charge in [-0.25, -0.2) is 5.10 Å². The lowest BCUT2D eigenvalue weighted by Crippen LogP contribution is -2.05. The minimum atomic E-state index is -0.236. The molecule has 0 saturated heterocycles. The average Bonchev–Trinajstić information content (AvgIpc) is 2.38. The molecule has 0 spiro atoms. The molecule has 0 atom stereocenters. The van der Waals surface area contributed by atoms with Crippen molar-refractivity contribution in [1.82, 2.24) is 10.2 Å². The van der Waals surface area contributed by atoms with Crippen LogP contribution in [0.2, 0.25) is 10.0 Å². The van der Waals surface area contributed by atoms with Crippen molar-refractivity contribution in [2.75, 3.05) is 0 Å². The van der Waals surface area contributed by atoms with Crippen molar-refractivity contribution in [3.8, 4) is 11.3 Å². The summed E-state index contributed by atoms with van der Waals surface area (Å²) in [6.45, 7) is 2.13. The Morgan fingerprint density at radius 3 is 2.42 bits per heavy atom. The molecule has 2 rings (SSSR count). The maximum Gasteiger partial charge on any atom is 0.264 e. The Morgan fingerprint density at radius 2 is 1.89 bits per heavy atom. The fraction of sp³-hybridized carbons (Fsp3) is 0.286. The highest BCUT2D eigenvalue weighted by Crippen LogP contribution is 2.31. The number of nitrogens with zero attached hydrogens (tertiary/aromatic N) is 1. The van der Waals surface area contributed by atoms with Gasteiger partial charge in [0.1, 0.15) is 0 Å². The van der Waals surface area contributed by atoms with E-state index in [0.717, 1.165) is 30.4 Å². The summed E-state index contributed by atoms with van der Waals surface area (Å²) >= 11 is 12.5. The van der Waals surface area contributed by atoms with E-state index in [2.05, 4.69) is 17.1 Å². The van der Waals surface area contributed by atoms with E-state index < -0.39 is 0 Å². The first kappa shape index (κ1) is 14.1. The molecule has 0 aliphatic rings. The van der Waals surface area contributed by atoms with Crippen LogP contribution < -0.4 is 5.56 Å². The molecule has 0 amide bonds. The Kier molecular flexibility index (Phi) is 4.61. The van der Waals surface area contributed by atoms with Gasteiger partial charge < -0.3 is 0 Å². The third-order valence-electron chi connectivity index (χ3n) is 2.90. The molecule has 0 aliphatic carbocycles. The van der Waals surface area contributed by atoms with Crippen LogP contribution >= 0.6 is 23.2 Å². The fourth-order valence-electron chi connectivity index (χ4n) is 1.85. The highest BCUT2D eigenvalue weighted by molar-refractivity contribution is 6.36. The van der Waals surface area contributed by atoms with Gasteiger partial charge in [-0.2, -0.15) is 5.10 Å². The van der Waals surface area contributed by atoms with E-state index in [4.69, 9.17) is 23.2 Å². The third kappa shape index (κ3) is 3.37. The normalized spacial score (nSPS) is 10.7. The number of nitrogens with one attached hydrogen (secondary N) is 1. The molecule has 1 N–H and O–H groups in total. The first-order valence-electron chi connectivity index (χ1n) is 6.16.